The summed E-state index contributed by atoms with van der Waals surface area (Å²) < 4.78 is 5.16. The maximum Gasteiger partial charge on any atom is 0.137 e. The molecule has 3 nitrogen and oxygen atoms in total. The van der Waals surface area contributed by atoms with Crippen molar-refractivity contribution in [3.05, 3.63) is 28.8 Å². The second-order valence-electron chi connectivity index (χ2n) is 4.84. The highest BCUT2D eigenvalue weighted by Crippen LogP contribution is 2.30. The smallest absolute Gasteiger partial charge is 0.137 e. The average Bonchev–Trinajstić information content (AvgIpc) is 2.38. The molecule has 1 aliphatic heterocycles. The third kappa shape index (κ3) is 2.97. The van der Waals surface area contributed by atoms with Crippen molar-refractivity contribution >= 4 is 11.6 Å². The third-order valence-electron chi connectivity index (χ3n) is 3.71. The van der Waals surface area contributed by atoms with Crippen molar-refractivity contribution in [3.63, 3.8) is 0 Å². The summed E-state index contributed by atoms with van der Waals surface area (Å²) in [6, 6.07) is 6.25. The number of benzene rings is 1. The van der Waals surface area contributed by atoms with E-state index < -0.39 is 0 Å². The summed E-state index contributed by atoms with van der Waals surface area (Å²) in [6.07, 6.45) is 1.58. The molecule has 1 saturated heterocycles. The summed E-state index contributed by atoms with van der Waals surface area (Å²) in [6.45, 7) is 4.05. The van der Waals surface area contributed by atoms with Crippen LogP contribution < -0.4 is 4.74 Å². The first kappa shape index (κ1) is 13.7. The number of aliphatic hydroxyl groups excluding tert-OH is 1. The predicted molar refractivity (Wildman–Crippen MR) is 73.2 cm³/mol. The van der Waals surface area contributed by atoms with Gasteiger partial charge in [0.05, 0.1) is 18.2 Å². The fourth-order valence-electron chi connectivity index (χ4n) is 2.43. The Morgan fingerprint density at radius 3 is 2.61 bits per heavy atom. The summed E-state index contributed by atoms with van der Waals surface area (Å²) in [5, 5.41) is 10.2. The zero-order chi connectivity index (χ0) is 13.1. The van der Waals surface area contributed by atoms with Gasteiger partial charge in [0.2, 0.25) is 0 Å². The number of nitrogens with zero attached hydrogens (tertiary/aromatic N) is 1. The van der Waals surface area contributed by atoms with Crippen molar-refractivity contribution in [2.45, 2.75) is 31.9 Å². The van der Waals surface area contributed by atoms with Crippen molar-refractivity contribution in [1.82, 2.24) is 4.90 Å². The number of hydrogen-bond acceptors (Lipinski definition) is 3. The van der Waals surface area contributed by atoms with Gasteiger partial charge in [-0.2, -0.15) is 0 Å². The molecule has 0 aromatic heterocycles. The summed E-state index contributed by atoms with van der Waals surface area (Å²) in [5.41, 5.74) is 1.19. The van der Waals surface area contributed by atoms with E-state index in [1.165, 1.54) is 5.56 Å². The van der Waals surface area contributed by atoms with Crippen LogP contribution in [-0.2, 0) is 0 Å². The molecular formula is C14H20ClNO2. The monoisotopic (exact) mass is 269 g/mol. The minimum atomic E-state index is -0.132. The van der Waals surface area contributed by atoms with Gasteiger partial charge in [-0.1, -0.05) is 17.7 Å². The topological polar surface area (TPSA) is 32.7 Å². The maximum absolute atomic E-state index is 9.53. The Balaban J connectivity index is 2.08. The second-order valence-corrected chi connectivity index (χ2v) is 5.24. The van der Waals surface area contributed by atoms with Gasteiger partial charge in [0.25, 0.3) is 0 Å². The lowest BCUT2D eigenvalue weighted by Gasteiger charge is -2.34. The summed E-state index contributed by atoms with van der Waals surface area (Å²) in [5.74, 6) is 0.710. The normalized spacial score (nSPS) is 19.8. The van der Waals surface area contributed by atoms with Crippen molar-refractivity contribution in [1.29, 1.82) is 0 Å². The Morgan fingerprint density at radius 2 is 2.06 bits per heavy atom. The number of piperidine rings is 1. The van der Waals surface area contributed by atoms with Crippen LogP contribution in [0.5, 0.6) is 5.75 Å². The maximum atomic E-state index is 9.53. The highest BCUT2D eigenvalue weighted by Gasteiger charge is 2.22. The van der Waals surface area contributed by atoms with E-state index in [9.17, 15) is 5.11 Å². The van der Waals surface area contributed by atoms with Crippen LogP contribution in [0.15, 0.2) is 18.2 Å². The van der Waals surface area contributed by atoms with Gasteiger partial charge in [-0.25, -0.2) is 0 Å². The number of ether oxygens (including phenoxy) is 1. The lowest BCUT2D eigenvalue weighted by atomic mass is 10.0. The average molecular weight is 270 g/mol. The number of rotatable bonds is 3. The molecule has 2 rings (SSSR count). The molecule has 0 aliphatic carbocycles. The molecule has 0 radical (unpaired) electrons. The molecule has 1 aromatic carbocycles. The van der Waals surface area contributed by atoms with E-state index >= 15 is 0 Å². The first-order chi connectivity index (χ1) is 8.61. The molecule has 1 N–H and O–H groups in total. The molecule has 1 unspecified atom stereocenters. The van der Waals surface area contributed by atoms with Crippen LogP contribution >= 0.6 is 11.6 Å². The molecule has 1 fully saturated rings. The number of likely N-dealkylation sites (tertiary alicyclic amines) is 1. The van der Waals surface area contributed by atoms with E-state index in [0.29, 0.717) is 16.8 Å². The minimum Gasteiger partial charge on any atom is -0.495 e. The van der Waals surface area contributed by atoms with Gasteiger partial charge >= 0.3 is 0 Å². The molecule has 1 aromatic rings. The SMILES string of the molecule is COc1ccc(C(C)N2CCC(O)CC2)cc1Cl. The largest absolute Gasteiger partial charge is 0.495 e. The molecule has 1 atom stereocenters. The lowest BCUT2D eigenvalue weighted by Crippen LogP contribution is -2.37. The Morgan fingerprint density at radius 1 is 1.39 bits per heavy atom. The molecule has 0 saturated carbocycles. The molecule has 0 amide bonds. The minimum absolute atomic E-state index is 0.132. The van der Waals surface area contributed by atoms with Crippen LogP contribution in [0.1, 0.15) is 31.4 Å². The summed E-state index contributed by atoms with van der Waals surface area (Å²) in [4.78, 5) is 2.38. The Bertz CT molecular complexity index is 403. The van der Waals surface area contributed by atoms with E-state index in [0.717, 1.165) is 25.9 Å². The number of methoxy groups -OCH3 is 1. The highest BCUT2D eigenvalue weighted by atomic mass is 35.5. The number of aliphatic hydroxyl groups is 1. The first-order valence-electron chi connectivity index (χ1n) is 6.37. The van der Waals surface area contributed by atoms with Crippen molar-refractivity contribution in [2.75, 3.05) is 20.2 Å². The van der Waals surface area contributed by atoms with Gasteiger partial charge in [-0.15, -0.1) is 0 Å². The van der Waals surface area contributed by atoms with Crippen LogP contribution in [0.2, 0.25) is 5.02 Å². The molecule has 0 bridgehead atoms. The standard InChI is InChI=1S/C14H20ClNO2/c1-10(16-7-5-12(17)6-8-16)11-3-4-14(18-2)13(15)9-11/h3-4,9-10,12,17H,5-8H2,1-2H3. The Kier molecular flexibility index (Phi) is 4.49. The van der Waals surface area contributed by atoms with Gasteiger partial charge in [0.15, 0.2) is 0 Å². The van der Waals surface area contributed by atoms with E-state index in [4.69, 9.17) is 16.3 Å². The fraction of sp³-hybridized carbons (Fsp3) is 0.571. The molecule has 100 valence electrons. The molecule has 0 spiro atoms. The molecule has 1 heterocycles. The predicted octanol–water partition coefficient (Wildman–Crippen LogP) is 2.87. The van der Waals surface area contributed by atoms with Gasteiger partial charge in [0.1, 0.15) is 5.75 Å². The Hall–Kier alpha value is -0.770. The fourth-order valence-corrected chi connectivity index (χ4v) is 2.69. The zero-order valence-electron chi connectivity index (χ0n) is 10.9. The van der Waals surface area contributed by atoms with Crippen LogP contribution in [-0.4, -0.2) is 36.3 Å². The van der Waals surface area contributed by atoms with Crippen molar-refractivity contribution in [2.24, 2.45) is 0 Å². The number of hydrogen-bond donors (Lipinski definition) is 1. The van der Waals surface area contributed by atoms with E-state index in [-0.39, 0.29) is 6.10 Å². The van der Waals surface area contributed by atoms with Crippen LogP contribution in [0, 0.1) is 0 Å². The van der Waals surface area contributed by atoms with Gasteiger partial charge in [0, 0.05) is 19.1 Å². The quantitative estimate of drug-likeness (QED) is 0.916. The van der Waals surface area contributed by atoms with Gasteiger partial charge < -0.3 is 9.84 Å². The van der Waals surface area contributed by atoms with Gasteiger partial charge in [-0.3, -0.25) is 4.90 Å². The number of halogens is 1. The van der Waals surface area contributed by atoms with E-state index in [1.807, 2.05) is 12.1 Å². The molecular weight excluding hydrogens is 250 g/mol. The van der Waals surface area contributed by atoms with Crippen molar-refractivity contribution in [3.8, 4) is 5.75 Å². The van der Waals surface area contributed by atoms with E-state index in [1.54, 1.807) is 7.11 Å². The van der Waals surface area contributed by atoms with E-state index in [2.05, 4.69) is 17.9 Å². The van der Waals surface area contributed by atoms with Crippen molar-refractivity contribution < 1.29 is 9.84 Å². The highest BCUT2D eigenvalue weighted by molar-refractivity contribution is 6.32. The second kappa shape index (κ2) is 5.91. The molecule has 1 aliphatic rings. The summed E-state index contributed by atoms with van der Waals surface area (Å²) >= 11 is 6.15. The zero-order valence-corrected chi connectivity index (χ0v) is 11.7. The third-order valence-corrected chi connectivity index (χ3v) is 4.00. The first-order valence-corrected chi connectivity index (χ1v) is 6.75. The summed E-state index contributed by atoms with van der Waals surface area (Å²) in [7, 11) is 1.62. The van der Waals surface area contributed by atoms with Crippen LogP contribution in [0.3, 0.4) is 0 Å². The van der Waals surface area contributed by atoms with Crippen LogP contribution in [0.4, 0.5) is 0 Å². The Labute approximate surface area is 113 Å². The molecule has 18 heavy (non-hydrogen) atoms. The van der Waals surface area contributed by atoms with Crippen LogP contribution in [0.25, 0.3) is 0 Å². The lowest BCUT2D eigenvalue weighted by molar-refractivity contribution is 0.0645. The molecule has 4 heteroatoms. The van der Waals surface area contributed by atoms with Gasteiger partial charge in [-0.05, 0) is 37.5 Å².